The minimum atomic E-state index is -3.55. The summed E-state index contributed by atoms with van der Waals surface area (Å²) in [6.07, 6.45) is 3.08. The summed E-state index contributed by atoms with van der Waals surface area (Å²) < 4.78 is 29.7. The Bertz CT molecular complexity index is 1240. The van der Waals surface area contributed by atoms with E-state index in [1.807, 2.05) is 0 Å². The molecule has 3 N–H and O–H groups in total. The molecule has 0 saturated heterocycles. The summed E-state index contributed by atoms with van der Waals surface area (Å²) in [5.41, 5.74) is 0.958. The van der Waals surface area contributed by atoms with Gasteiger partial charge in [-0.15, -0.1) is 0 Å². The van der Waals surface area contributed by atoms with Gasteiger partial charge in [0.25, 0.3) is 5.91 Å². The van der Waals surface area contributed by atoms with Gasteiger partial charge in [0.05, 0.1) is 0 Å². The molecule has 1 saturated carbocycles. The number of carbonyl (C=O) groups is 1. The van der Waals surface area contributed by atoms with Crippen LogP contribution in [-0.2, 0) is 14.6 Å². The number of rotatable bonds is 8. The largest absolute Gasteiger partial charge is 0.484 e. The van der Waals surface area contributed by atoms with E-state index in [2.05, 4.69) is 30.8 Å². The van der Waals surface area contributed by atoms with E-state index in [9.17, 15) is 13.2 Å². The minimum absolute atomic E-state index is 0.0726. The molecule has 4 rings (SSSR count). The van der Waals surface area contributed by atoms with Crippen molar-refractivity contribution in [2.24, 2.45) is 0 Å². The van der Waals surface area contributed by atoms with Gasteiger partial charge in [-0.05, 0) is 25.0 Å². The second-order valence-corrected chi connectivity index (χ2v) is 9.50. The lowest BCUT2D eigenvalue weighted by Crippen LogP contribution is -2.27. The summed E-state index contributed by atoms with van der Waals surface area (Å²) in [7, 11) is -0.228. The number of nitrogens with one attached hydrogen (secondary N) is 3. The fourth-order valence-electron chi connectivity index (χ4n) is 2.82. The van der Waals surface area contributed by atoms with Crippen molar-refractivity contribution in [3.63, 3.8) is 0 Å². The average molecular weight is 446 g/mol. The number of fused-ring (bicyclic) bond motifs is 1. The summed E-state index contributed by atoms with van der Waals surface area (Å²) in [5.74, 6) is 1.04. The van der Waals surface area contributed by atoms with Crippen LogP contribution in [0.1, 0.15) is 12.8 Å². The number of hydrogen-bond acceptors (Lipinski definition) is 9. The second kappa shape index (κ2) is 8.02. The van der Waals surface area contributed by atoms with E-state index in [1.54, 1.807) is 38.4 Å². The lowest BCUT2D eigenvalue weighted by atomic mass is 10.3. The quantitative estimate of drug-likeness (QED) is 0.470. The highest BCUT2D eigenvalue weighted by Crippen LogP contribution is 2.32. The van der Waals surface area contributed by atoms with Crippen LogP contribution in [0.2, 0.25) is 0 Å². The maximum Gasteiger partial charge on any atom is 0.259 e. The van der Waals surface area contributed by atoms with Crippen molar-refractivity contribution in [1.82, 2.24) is 25.1 Å². The van der Waals surface area contributed by atoms with Crippen molar-refractivity contribution in [2.45, 2.75) is 23.9 Å². The van der Waals surface area contributed by atoms with Gasteiger partial charge in [0, 0.05) is 38.1 Å². The normalized spacial score (nSPS) is 13.8. The molecule has 1 aliphatic rings. The highest BCUT2D eigenvalue weighted by Gasteiger charge is 2.27. The number of H-pyrrole nitrogens is 1. The molecule has 1 aliphatic carbocycles. The molecule has 0 atom stereocenters. The molecule has 1 fully saturated rings. The first kappa shape index (κ1) is 20.8. The first-order chi connectivity index (χ1) is 14.7. The summed E-state index contributed by atoms with van der Waals surface area (Å²) in [5, 5.41) is 13.2. The molecule has 12 heteroatoms. The van der Waals surface area contributed by atoms with Gasteiger partial charge in [0.15, 0.2) is 27.1 Å². The summed E-state index contributed by atoms with van der Waals surface area (Å²) in [6.45, 7) is -0.0726. The van der Waals surface area contributed by atoms with Crippen LogP contribution in [-0.4, -0.2) is 72.4 Å². The smallest absolute Gasteiger partial charge is 0.259 e. The van der Waals surface area contributed by atoms with Crippen LogP contribution in [0.4, 0.5) is 17.5 Å². The number of likely N-dealkylation sites (N-methyl/N-ethyl adjacent to an activating group) is 1. The molecule has 1 aromatic carbocycles. The molecule has 0 radical (unpaired) electrons. The van der Waals surface area contributed by atoms with Crippen molar-refractivity contribution >= 4 is 44.2 Å². The molecule has 0 spiro atoms. The average Bonchev–Trinajstić information content (AvgIpc) is 3.40. The van der Waals surface area contributed by atoms with Gasteiger partial charge in [-0.25, -0.2) is 8.42 Å². The zero-order valence-corrected chi connectivity index (χ0v) is 18.2. The number of sulfone groups is 1. The predicted molar refractivity (Wildman–Crippen MR) is 115 cm³/mol. The molecular formula is C19H23N7O4S. The predicted octanol–water partition coefficient (Wildman–Crippen LogP) is 1.54. The van der Waals surface area contributed by atoms with E-state index in [-0.39, 0.29) is 29.5 Å². The fraction of sp³-hybridized carbons (Fsp3) is 0.368. The Labute approximate surface area is 179 Å². The van der Waals surface area contributed by atoms with E-state index >= 15 is 0 Å². The van der Waals surface area contributed by atoms with Crippen LogP contribution in [0, 0.1) is 0 Å². The summed E-state index contributed by atoms with van der Waals surface area (Å²) in [6, 6.07) is 7.29. The Morgan fingerprint density at radius 2 is 2.06 bits per heavy atom. The monoisotopic (exact) mass is 445 g/mol. The number of anilines is 3. The standard InChI is InChI=1S/C19H23N7O4S/c1-26(2)14(27)10-30-13-6-4-5-12(9-13)21-19-22-16(20-11-7-8-11)15-17(23-19)24-25-18(15)31(3,28)29/h4-6,9,11H,7-8,10H2,1-3H3,(H3,20,21,22,23,24,25). The van der Waals surface area contributed by atoms with E-state index in [0.29, 0.717) is 28.3 Å². The topological polar surface area (TPSA) is 142 Å². The number of carbonyl (C=O) groups excluding carboxylic acids is 1. The number of ether oxygens (including phenoxy) is 1. The van der Waals surface area contributed by atoms with E-state index < -0.39 is 9.84 Å². The molecule has 0 aliphatic heterocycles. The van der Waals surface area contributed by atoms with Gasteiger partial charge in [0.1, 0.15) is 17.0 Å². The molecular weight excluding hydrogens is 422 g/mol. The number of aromatic nitrogens is 4. The zero-order valence-electron chi connectivity index (χ0n) is 17.3. The molecule has 3 aromatic rings. The second-order valence-electron chi connectivity index (χ2n) is 7.57. The lowest BCUT2D eigenvalue weighted by molar-refractivity contribution is -0.130. The Kier molecular flexibility index (Phi) is 5.39. The van der Waals surface area contributed by atoms with Crippen molar-refractivity contribution in [3.05, 3.63) is 24.3 Å². The van der Waals surface area contributed by atoms with Crippen molar-refractivity contribution in [3.8, 4) is 5.75 Å². The molecule has 1 amide bonds. The zero-order chi connectivity index (χ0) is 22.2. The third kappa shape index (κ3) is 4.85. The molecule has 164 valence electrons. The van der Waals surface area contributed by atoms with E-state index in [0.717, 1.165) is 19.1 Å². The molecule has 31 heavy (non-hydrogen) atoms. The molecule has 2 heterocycles. The van der Waals surface area contributed by atoms with Crippen LogP contribution in [0.25, 0.3) is 11.0 Å². The first-order valence-electron chi connectivity index (χ1n) is 9.63. The molecule has 2 aromatic heterocycles. The number of aromatic amines is 1. The Morgan fingerprint density at radius 3 is 2.74 bits per heavy atom. The SMILES string of the molecule is CN(C)C(=O)COc1cccc(Nc2nc(NC3CC3)c3c(S(C)(=O)=O)n[nH]c3n2)c1. The third-order valence-electron chi connectivity index (χ3n) is 4.61. The van der Waals surface area contributed by atoms with Crippen molar-refractivity contribution in [1.29, 1.82) is 0 Å². The third-order valence-corrected chi connectivity index (χ3v) is 5.60. The molecule has 11 nitrogen and oxygen atoms in total. The van der Waals surface area contributed by atoms with Crippen LogP contribution in [0.3, 0.4) is 0 Å². The first-order valence-corrected chi connectivity index (χ1v) is 11.5. The highest BCUT2D eigenvalue weighted by molar-refractivity contribution is 7.90. The lowest BCUT2D eigenvalue weighted by Gasteiger charge is -2.13. The Morgan fingerprint density at radius 1 is 1.29 bits per heavy atom. The fourth-order valence-corrected chi connectivity index (χ4v) is 3.60. The molecule has 0 bridgehead atoms. The van der Waals surface area contributed by atoms with Gasteiger partial charge in [-0.1, -0.05) is 6.07 Å². The van der Waals surface area contributed by atoms with Crippen LogP contribution < -0.4 is 15.4 Å². The Balaban J connectivity index is 1.62. The van der Waals surface area contributed by atoms with Crippen molar-refractivity contribution < 1.29 is 17.9 Å². The van der Waals surface area contributed by atoms with E-state index in [4.69, 9.17) is 4.74 Å². The van der Waals surface area contributed by atoms with Gasteiger partial charge in [-0.2, -0.15) is 15.1 Å². The van der Waals surface area contributed by atoms with E-state index in [1.165, 1.54) is 4.90 Å². The maximum absolute atomic E-state index is 12.1. The van der Waals surface area contributed by atoms with Gasteiger partial charge < -0.3 is 20.3 Å². The van der Waals surface area contributed by atoms with Crippen LogP contribution >= 0.6 is 0 Å². The molecule has 0 unspecified atom stereocenters. The maximum atomic E-state index is 12.1. The van der Waals surface area contributed by atoms with Crippen LogP contribution in [0.15, 0.2) is 29.3 Å². The van der Waals surface area contributed by atoms with Gasteiger partial charge in [-0.3, -0.25) is 9.89 Å². The number of benzene rings is 1. The number of nitrogens with zero attached hydrogens (tertiary/aromatic N) is 4. The van der Waals surface area contributed by atoms with Crippen molar-refractivity contribution in [2.75, 3.05) is 37.6 Å². The number of hydrogen-bond donors (Lipinski definition) is 3. The minimum Gasteiger partial charge on any atom is -0.484 e. The Hall–Kier alpha value is -3.41. The summed E-state index contributed by atoms with van der Waals surface area (Å²) in [4.78, 5) is 22.0. The van der Waals surface area contributed by atoms with Gasteiger partial charge in [0.2, 0.25) is 5.95 Å². The van der Waals surface area contributed by atoms with Crippen LogP contribution in [0.5, 0.6) is 5.75 Å². The number of amides is 1. The summed E-state index contributed by atoms with van der Waals surface area (Å²) >= 11 is 0. The van der Waals surface area contributed by atoms with Gasteiger partial charge >= 0.3 is 0 Å². The highest BCUT2D eigenvalue weighted by atomic mass is 32.2.